The molecule has 4 N–H and O–H groups in total. The van der Waals surface area contributed by atoms with Gasteiger partial charge in [-0.2, -0.15) is 0 Å². The quantitative estimate of drug-likeness (QED) is 0.0743. The largest absolute Gasteiger partial charge is 0.453 e. The van der Waals surface area contributed by atoms with Crippen LogP contribution in [0.2, 0.25) is 0 Å². The summed E-state index contributed by atoms with van der Waals surface area (Å²) in [6, 6.07) is 24.8. The number of alkyl carbamates (subject to hydrolysis) is 2. The first-order valence-electron chi connectivity index (χ1n) is 16.0. The van der Waals surface area contributed by atoms with Crippen molar-refractivity contribution in [3.63, 3.8) is 0 Å². The minimum absolute atomic E-state index is 0.0742. The third-order valence-corrected chi connectivity index (χ3v) is 9.72. The maximum Gasteiger partial charge on any atom is 0.406 e. The molecule has 14 heteroatoms. The molecule has 0 bridgehead atoms. The fourth-order valence-corrected chi connectivity index (χ4v) is 6.80. The first kappa shape index (κ1) is 36.1. The number of H-pyrrole nitrogens is 2. The fourth-order valence-electron chi connectivity index (χ4n) is 5.01. The van der Waals surface area contributed by atoms with Crippen molar-refractivity contribution in [1.29, 1.82) is 0 Å². The lowest BCUT2D eigenvalue weighted by Crippen LogP contribution is -2.24. The number of nitrogens with one attached hydrogen (secondary N) is 4. The summed E-state index contributed by atoms with van der Waals surface area (Å²) < 4.78 is 9.05. The van der Waals surface area contributed by atoms with Gasteiger partial charge in [0, 0.05) is 43.1 Å². The molecule has 0 saturated heterocycles. The summed E-state index contributed by atoms with van der Waals surface area (Å²) in [4.78, 5) is 62.2. The van der Waals surface area contributed by atoms with Gasteiger partial charge in [-0.15, -0.1) is 0 Å². The number of hydrogen-bond donors (Lipinski definition) is 4. The first-order valence-corrected chi connectivity index (χ1v) is 18.0. The highest BCUT2D eigenvalue weighted by Gasteiger charge is 2.11. The van der Waals surface area contributed by atoms with Crippen molar-refractivity contribution in [2.45, 2.75) is 25.7 Å². The number of methoxy groups -OCH3 is 2. The highest BCUT2D eigenvalue weighted by atomic mass is 31.1. The number of aromatic amines is 2. The number of carbonyl (C=O) groups is 4. The Labute approximate surface area is 293 Å². The second-order valence-corrected chi connectivity index (χ2v) is 13.7. The molecule has 0 aliphatic rings. The summed E-state index contributed by atoms with van der Waals surface area (Å²) in [5.74, 6) is 0. The highest BCUT2D eigenvalue weighted by molar-refractivity contribution is 7.65. The Hall–Kier alpha value is -5.18. The monoisotopic (exact) mass is 712 g/mol. The Bertz CT molecular complexity index is 1770. The van der Waals surface area contributed by atoms with Gasteiger partial charge >= 0.3 is 12.2 Å². The predicted molar refractivity (Wildman–Crippen MR) is 198 cm³/mol. The molecule has 2 amide bonds. The average molecular weight is 713 g/mol. The summed E-state index contributed by atoms with van der Waals surface area (Å²) in [6.07, 6.45) is 4.29. The summed E-state index contributed by atoms with van der Waals surface area (Å²) in [6.45, 7) is 0.773. The van der Waals surface area contributed by atoms with E-state index in [0.717, 1.165) is 44.8 Å². The van der Waals surface area contributed by atoms with Crippen LogP contribution in [-0.4, -0.2) is 70.5 Å². The van der Waals surface area contributed by atoms with Gasteiger partial charge in [0.15, 0.2) is 11.0 Å². The molecule has 12 nitrogen and oxygen atoms in total. The summed E-state index contributed by atoms with van der Waals surface area (Å²) in [7, 11) is 2.46. The third kappa shape index (κ3) is 10.4. The fraction of sp³-hybridized carbons (Fsp3) is 0.222. The molecule has 5 aromatic rings. The molecular weight excluding hydrogens is 674 g/mol. The molecule has 0 saturated carbocycles. The number of hydrogen-bond acceptors (Lipinski definition) is 8. The third-order valence-electron chi connectivity index (χ3n) is 7.68. The van der Waals surface area contributed by atoms with Crippen LogP contribution in [0.3, 0.4) is 0 Å². The zero-order valence-electron chi connectivity index (χ0n) is 27.7. The Morgan fingerprint density at radius 2 is 0.880 bits per heavy atom. The molecule has 0 fully saturated rings. The lowest BCUT2D eigenvalue weighted by molar-refractivity contribution is -0.112. The summed E-state index contributed by atoms with van der Waals surface area (Å²) >= 11 is 0. The van der Waals surface area contributed by atoms with E-state index in [1.54, 1.807) is 12.4 Å². The van der Waals surface area contributed by atoms with E-state index in [9.17, 15) is 19.2 Å². The Morgan fingerprint density at radius 1 is 0.560 bits per heavy atom. The van der Waals surface area contributed by atoms with Gasteiger partial charge in [-0.3, -0.25) is 9.59 Å². The molecule has 3 aromatic carbocycles. The highest BCUT2D eigenvalue weighted by Crippen LogP contribution is 2.29. The van der Waals surface area contributed by atoms with Crippen LogP contribution < -0.4 is 21.8 Å². The molecule has 0 aliphatic heterocycles. The molecule has 258 valence electrons. The maximum absolute atomic E-state index is 12.3. The van der Waals surface area contributed by atoms with Crippen molar-refractivity contribution in [2.75, 3.05) is 27.3 Å². The van der Waals surface area contributed by atoms with E-state index in [0.29, 0.717) is 49.9 Å². The maximum atomic E-state index is 12.3. The van der Waals surface area contributed by atoms with Gasteiger partial charge in [0.1, 0.15) is 11.1 Å². The zero-order valence-corrected chi connectivity index (χ0v) is 29.7. The predicted octanol–water partition coefficient (Wildman–Crippen LogP) is 5.73. The van der Waals surface area contributed by atoms with E-state index in [2.05, 4.69) is 88.6 Å². The van der Waals surface area contributed by atoms with Crippen molar-refractivity contribution in [3.05, 3.63) is 85.2 Å². The van der Waals surface area contributed by atoms with Gasteiger partial charge in [0.25, 0.3) is 0 Å². The number of benzene rings is 3. The van der Waals surface area contributed by atoms with Crippen LogP contribution in [0, 0.1) is 0 Å². The molecule has 50 heavy (non-hydrogen) atoms. The van der Waals surface area contributed by atoms with Crippen molar-refractivity contribution in [3.8, 4) is 44.8 Å². The lowest BCUT2D eigenvalue weighted by atomic mass is 9.98. The first-order chi connectivity index (χ1) is 24.3. The number of aromatic nitrogens is 4. The van der Waals surface area contributed by atoms with Crippen molar-refractivity contribution >= 4 is 51.5 Å². The molecule has 0 radical (unpaired) electrons. The average Bonchev–Trinajstić information content (AvgIpc) is 3.82. The molecule has 5 rings (SSSR count). The summed E-state index contributed by atoms with van der Waals surface area (Å²) in [5, 5.41) is 5.14. The standard InChI is InChI=1S/C36H38N6O6P2/c1-47-35(45)37-19-3-5-31(43)49-33-39-21-29(41-33)27-15-11-25(12-16-27)23-7-9-24(10-8-23)26-13-17-28(18-14-26)30-22-40-34(42-30)50-32(44)6-4-20-38-36(46)48-2/h7-18,21-22,49-50H,3-6,19-20H2,1-2H3,(H,37,45)(H,38,46)(H,39,41)(H,40,42). The van der Waals surface area contributed by atoms with Gasteiger partial charge in [-0.05, 0) is 46.2 Å². The van der Waals surface area contributed by atoms with Crippen LogP contribution in [-0.2, 0) is 19.1 Å². The van der Waals surface area contributed by atoms with E-state index in [1.165, 1.54) is 14.2 Å². The number of carbonyl (C=O) groups excluding carboxylic acids is 4. The molecule has 0 spiro atoms. The lowest BCUT2D eigenvalue weighted by Gasteiger charge is -2.07. The topological polar surface area (TPSA) is 168 Å². The van der Waals surface area contributed by atoms with Crippen LogP contribution in [0.25, 0.3) is 44.8 Å². The molecule has 0 aliphatic carbocycles. The van der Waals surface area contributed by atoms with Crippen LogP contribution >= 0.6 is 17.2 Å². The van der Waals surface area contributed by atoms with Crippen molar-refractivity contribution < 1.29 is 28.7 Å². The summed E-state index contributed by atoms with van der Waals surface area (Å²) in [5.41, 5.74) is 9.43. The van der Waals surface area contributed by atoms with Gasteiger partial charge in [-0.25, -0.2) is 19.6 Å². The van der Waals surface area contributed by atoms with Crippen LogP contribution in [0.1, 0.15) is 25.7 Å². The van der Waals surface area contributed by atoms with Gasteiger partial charge < -0.3 is 30.1 Å². The van der Waals surface area contributed by atoms with Crippen molar-refractivity contribution in [2.24, 2.45) is 0 Å². The number of amides is 2. The van der Waals surface area contributed by atoms with Crippen LogP contribution in [0.4, 0.5) is 9.59 Å². The number of imidazole rings is 2. The Balaban J connectivity index is 1.11. The van der Waals surface area contributed by atoms with E-state index < -0.39 is 12.2 Å². The van der Waals surface area contributed by atoms with Crippen molar-refractivity contribution in [1.82, 2.24) is 30.6 Å². The normalized spacial score (nSPS) is 11.2. The molecule has 2 aromatic heterocycles. The molecule has 2 heterocycles. The minimum atomic E-state index is -0.502. The zero-order chi connectivity index (χ0) is 35.3. The SMILES string of the molecule is COC(=O)NCCCC(=O)Pc1ncc(-c2ccc(-c3ccc(-c4ccc(-c5cnc(PC(=O)CCCNC(=O)OC)[nH]5)cc4)cc3)cc2)[nH]1. The van der Waals surface area contributed by atoms with Crippen LogP contribution in [0.15, 0.2) is 85.2 Å². The van der Waals surface area contributed by atoms with Gasteiger partial charge in [-0.1, -0.05) is 72.8 Å². The van der Waals surface area contributed by atoms with Crippen LogP contribution in [0.5, 0.6) is 0 Å². The second kappa shape index (κ2) is 18.0. The van der Waals surface area contributed by atoms with E-state index in [1.807, 2.05) is 24.3 Å². The molecule has 2 atom stereocenters. The number of nitrogens with zero attached hydrogens (tertiary/aromatic N) is 2. The van der Waals surface area contributed by atoms with Gasteiger partial charge in [0.05, 0.1) is 38.0 Å². The van der Waals surface area contributed by atoms with E-state index in [-0.39, 0.29) is 28.2 Å². The minimum Gasteiger partial charge on any atom is -0.453 e. The Kier molecular flexibility index (Phi) is 13.0. The number of rotatable bonds is 16. The van der Waals surface area contributed by atoms with E-state index in [4.69, 9.17) is 0 Å². The Morgan fingerprint density at radius 3 is 1.20 bits per heavy atom. The molecule has 2 unspecified atom stereocenters. The second-order valence-electron chi connectivity index (χ2n) is 11.2. The molecular formula is C36H38N6O6P2. The van der Waals surface area contributed by atoms with Gasteiger partial charge in [0.2, 0.25) is 0 Å². The smallest absolute Gasteiger partial charge is 0.406 e. The van der Waals surface area contributed by atoms with E-state index >= 15 is 0 Å². The number of ether oxygens (including phenoxy) is 2.